The standard InChI is InChI=1S/C16H26N4/c1-3-5-11-19(4-2)13-16-18-14-8-6-7-9-15(14)20(16)12-10-17/h6-9H,3-5,10-13,17H2,1-2H3. The Morgan fingerprint density at radius 3 is 2.75 bits per heavy atom. The highest BCUT2D eigenvalue weighted by molar-refractivity contribution is 5.75. The number of para-hydroxylation sites is 2. The highest BCUT2D eigenvalue weighted by Gasteiger charge is 2.12. The molecule has 0 unspecified atom stereocenters. The topological polar surface area (TPSA) is 47.1 Å². The number of rotatable bonds is 8. The van der Waals surface area contributed by atoms with E-state index < -0.39 is 0 Å². The fourth-order valence-electron chi connectivity index (χ4n) is 2.56. The quantitative estimate of drug-likeness (QED) is 0.805. The second-order valence-corrected chi connectivity index (χ2v) is 5.18. The van der Waals surface area contributed by atoms with Gasteiger partial charge in [-0.15, -0.1) is 0 Å². The predicted molar refractivity (Wildman–Crippen MR) is 84.6 cm³/mol. The van der Waals surface area contributed by atoms with Gasteiger partial charge in [0.2, 0.25) is 0 Å². The smallest absolute Gasteiger partial charge is 0.124 e. The van der Waals surface area contributed by atoms with Crippen LogP contribution in [-0.4, -0.2) is 34.1 Å². The van der Waals surface area contributed by atoms with Crippen LogP contribution in [-0.2, 0) is 13.1 Å². The second kappa shape index (κ2) is 7.41. The Morgan fingerprint density at radius 2 is 2.05 bits per heavy atom. The number of benzene rings is 1. The Kier molecular flexibility index (Phi) is 5.56. The fraction of sp³-hybridized carbons (Fsp3) is 0.562. The van der Waals surface area contributed by atoms with E-state index in [9.17, 15) is 0 Å². The Bertz CT molecular complexity index is 532. The van der Waals surface area contributed by atoms with Crippen LogP contribution in [0.4, 0.5) is 0 Å². The van der Waals surface area contributed by atoms with Crippen molar-refractivity contribution in [3.05, 3.63) is 30.1 Å². The Morgan fingerprint density at radius 1 is 1.25 bits per heavy atom. The van der Waals surface area contributed by atoms with E-state index in [1.54, 1.807) is 0 Å². The lowest BCUT2D eigenvalue weighted by atomic mass is 10.3. The molecule has 0 fully saturated rings. The van der Waals surface area contributed by atoms with Gasteiger partial charge in [0.15, 0.2) is 0 Å². The first-order valence-corrected chi connectivity index (χ1v) is 7.66. The fourth-order valence-corrected chi connectivity index (χ4v) is 2.56. The third-order valence-corrected chi connectivity index (χ3v) is 3.73. The summed E-state index contributed by atoms with van der Waals surface area (Å²) in [5.41, 5.74) is 8.03. The minimum atomic E-state index is 0.647. The first-order valence-electron chi connectivity index (χ1n) is 7.66. The summed E-state index contributed by atoms with van der Waals surface area (Å²) in [4.78, 5) is 7.25. The molecule has 0 saturated heterocycles. The van der Waals surface area contributed by atoms with Crippen LogP contribution >= 0.6 is 0 Å². The molecule has 0 atom stereocenters. The summed E-state index contributed by atoms with van der Waals surface area (Å²) in [6.45, 7) is 9.04. The molecule has 0 radical (unpaired) electrons. The minimum Gasteiger partial charge on any atom is -0.329 e. The molecule has 0 aliphatic rings. The number of fused-ring (bicyclic) bond motifs is 1. The lowest BCUT2D eigenvalue weighted by molar-refractivity contribution is 0.265. The molecule has 0 bridgehead atoms. The van der Waals surface area contributed by atoms with E-state index in [0.717, 1.165) is 37.5 Å². The zero-order valence-corrected chi connectivity index (χ0v) is 12.7. The molecular weight excluding hydrogens is 248 g/mol. The normalized spacial score (nSPS) is 11.6. The lowest BCUT2D eigenvalue weighted by Gasteiger charge is -2.20. The van der Waals surface area contributed by atoms with Crippen molar-refractivity contribution in [1.82, 2.24) is 14.5 Å². The summed E-state index contributed by atoms with van der Waals surface area (Å²) in [6, 6.07) is 8.31. The molecule has 4 heteroatoms. The third-order valence-electron chi connectivity index (χ3n) is 3.73. The Labute approximate surface area is 121 Å². The molecule has 2 rings (SSSR count). The average molecular weight is 274 g/mol. The van der Waals surface area contributed by atoms with Crippen molar-refractivity contribution in [2.45, 2.75) is 39.8 Å². The van der Waals surface area contributed by atoms with Crippen molar-refractivity contribution < 1.29 is 0 Å². The molecule has 1 heterocycles. The maximum absolute atomic E-state index is 5.76. The van der Waals surface area contributed by atoms with Crippen molar-refractivity contribution in [1.29, 1.82) is 0 Å². The largest absolute Gasteiger partial charge is 0.329 e. The molecule has 20 heavy (non-hydrogen) atoms. The minimum absolute atomic E-state index is 0.647. The van der Waals surface area contributed by atoms with E-state index in [1.807, 2.05) is 6.07 Å². The number of aromatic nitrogens is 2. The highest BCUT2D eigenvalue weighted by atomic mass is 15.2. The van der Waals surface area contributed by atoms with Crippen molar-refractivity contribution in [3.63, 3.8) is 0 Å². The highest BCUT2D eigenvalue weighted by Crippen LogP contribution is 2.17. The van der Waals surface area contributed by atoms with E-state index in [0.29, 0.717) is 6.54 Å². The molecule has 110 valence electrons. The Balaban J connectivity index is 2.25. The van der Waals surface area contributed by atoms with Crippen LogP contribution in [0.15, 0.2) is 24.3 Å². The van der Waals surface area contributed by atoms with Gasteiger partial charge < -0.3 is 10.3 Å². The first kappa shape index (κ1) is 15.0. The number of hydrogen-bond donors (Lipinski definition) is 1. The van der Waals surface area contributed by atoms with E-state index in [1.165, 1.54) is 18.4 Å². The van der Waals surface area contributed by atoms with Gasteiger partial charge in [-0.1, -0.05) is 32.4 Å². The van der Waals surface area contributed by atoms with Gasteiger partial charge in [0.25, 0.3) is 0 Å². The van der Waals surface area contributed by atoms with Gasteiger partial charge in [0.1, 0.15) is 5.82 Å². The van der Waals surface area contributed by atoms with Crippen LogP contribution in [0, 0.1) is 0 Å². The summed E-state index contributed by atoms with van der Waals surface area (Å²) in [5, 5.41) is 0. The zero-order valence-electron chi connectivity index (χ0n) is 12.7. The lowest BCUT2D eigenvalue weighted by Crippen LogP contribution is -2.26. The third kappa shape index (κ3) is 3.38. The number of unbranched alkanes of at least 4 members (excludes halogenated alkanes) is 1. The summed E-state index contributed by atoms with van der Waals surface area (Å²) in [5.74, 6) is 1.13. The molecule has 0 spiro atoms. The van der Waals surface area contributed by atoms with Gasteiger partial charge in [-0.2, -0.15) is 0 Å². The predicted octanol–water partition coefficient (Wildman–Crippen LogP) is 2.62. The molecule has 0 aliphatic heterocycles. The van der Waals surface area contributed by atoms with Gasteiger partial charge in [0.05, 0.1) is 17.6 Å². The summed E-state index contributed by atoms with van der Waals surface area (Å²) >= 11 is 0. The molecule has 2 N–H and O–H groups in total. The summed E-state index contributed by atoms with van der Waals surface area (Å²) < 4.78 is 2.27. The van der Waals surface area contributed by atoms with Gasteiger partial charge in [0, 0.05) is 13.1 Å². The molecule has 0 saturated carbocycles. The number of imidazole rings is 1. The SMILES string of the molecule is CCCCN(CC)Cc1nc2ccccc2n1CCN. The van der Waals surface area contributed by atoms with E-state index in [-0.39, 0.29) is 0 Å². The molecule has 2 aromatic rings. The molecule has 4 nitrogen and oxygen atoms in total. The van der Waals surface area contributed by atoms with Gasteiger partial charge in [-0.3, -0.25) is 4.90 Å². The Hall–Kier alpha value is -1.39. The van der Waals surface area contributed by atoms with Crippen LogP contribution in [0.5, 0.6) is 0 Å². The average Bonchev–Trinajstić information content (AvgIpc) is 2.82. The van der Waals surface area contributed by atoms with Crippen LogP contribution < -0.4 is 5.73 Å². The number of nitrogens with two attached hydrogens (primary N) is 1. The van der Waals surface area contributed by atoms with E-state index in [4.69, 9.17) is 10.7 Å². The van der Waals surface area contributed by atoms with E-state index >= 15 is 0 Å². The number of nitrogens with zero attached hydrogens (tertiary/aromatic N) is 3. The van der Waals surface area contributed by atoms with Crippen molar-refractivity contribution >= 4 is 11.0 Å². The van der Waals surface area contributed by atoms with Crippen molar-refractivity contribution in [2.24, 2.45) is 5.73 Å². The second-order valence-electron chi connectivity index (χ2n) is 5.18. The van der Waals surface area contributed by atoms with Crippen LogP contribution in [0.2, 0.25) is 0 Å². The molecule has 1 aromatic carbocycles. The van der Waals surface area contributed by atoms with E-state index in [2.05, 4.69) is 41.5 Å². The van der Waals surface area contributed by atoms with Crippen LogP contribution in [0.1, 0.15) is 32.5 Å². The maximum atomic E-state index is 5.76. The van der Waals surface area contributed by atoms with Crippen LogP contribution in [0.3, 0.4) is 0 Å². The first-order chi connectivity index (χ1) is 9.80. The monoisotopic (exact) mass is 274 g/mol. The summed E-state index contributed by atoms with van der Waals surface area (Å²) in [6.07, 6.45) is 2.47. The zero-order chi connectivity index (χ0) is 14.4. The molecule has 0 aliphatic carbocycles. The molecule has 1 aromatic heterocycles. The van der Waals surface area contributed by atoms with Gasteiger partial charge in [-0.05, 0) is 31.6 Å². The van der Waals surface area contributed by atoms with Crippen molar-refractivity contribution in [2.75, 3.05) is 19.6 Å². The van der Waals surface area contributed by atoms with Crippen LogP contribution in [0.25, 0.3) is 11.0 Å². The van der Waals surface area contributed by atoms with Gasteiger partial charge >= 0.3 is 0 Å². The summed E-state index contributed by atoms with van der Waals surface area (Å²) in [7, 11) is 0. The maximum Gasteiger partial charge on any atom is 0.124 e. The molecular formula is C16H26N4. The molecule has 0 amide bonds. The number of hydrogen-bond acceptors (Lipinski definition) is 3. The van der Waals surface area contributed by atoms with Gasteiger partial charge in [-0.25, -0.2) is 4.98 Å². The van der Waals surface area contributed by atoms with Crippen molar-refractivity contribution in [3.8, 4) is 0 Å².